The number of likely N-dealkylation sites (tertiary alicyclic amines) is 1. The number of aryl methyl sites for hydroxylation is 2. The van der Waals surface area contributed by atoms with Crippen LogP contribution in [0.15, 0.2) is 29.0 Å². The molecule has 0 unspecified atom stereocenters. The van der Waals surface area contributed by atoms with E-state index in [2.05, 4.69) is 31.3 Å². The molecule has 4 rings (SSSR count). The minimum atomic E-state index is 0.206. The van der Waals surface area contributed by atoms with E-state index in [9.17, 15) is 0 Å². The Morgan fingerprint density at radius 1 is 1.24 bits per heavy atom. The molecule has 1 saturated heterocycles. The van der Waals surface area contributed by atoms with Crippen LogP contribution in [0.3, 0.4) is 0 Å². The van der Waals surface area contributed by atoms with E-state index in [1.807, 2.05) is 26.2 Å². The van der Waals surface area contributed by atoms with Gasteiger partial charge in [0.1, 0.15) is 17.4 Å². The second-order valence-electron chi connectivity index (χ2n) is 6.63. The van der Waals surface area contributed by atoms with Gasteiger partial charge in [-0.3, -0.25) is 9.58 Å². The fourth-order valence-electron chi connectivity index (χ4n) is 3.58. The lowest BCUT2D eigenvalue weighted by Crippen LogP contribution is -2.37. The number of piperidine rings is 1. The van der Waals surface area contributed by atoms with Gasteiger partial charge in [0.2, 0.25) is 0 Å². The monoisotopic (exact) mass is 340 g/mol. The molecule has 25 heavy (non-hydrogen) atoms. The standard InChI is InChI=1S/C18H24N6O/c1-13-21-17(14-11-20-23(2)18(14)22-13)19-12-15(16-7-6-10-25-16)24-8-4-3-5-9-24/h6-7,10-11,15H,3-5,8-9,12H2,1-2H3,(H,19,21,22)/t15-/m0/s1. The summed E-state index contributed by atoms with van der Waals surface area (Å²) in [5.74, 6) is 2.58. The topological polar surface area (TPSA) is 72.0 Å². The van der Waals surface area contributed by atoms with Crippen LogP contribution >= 0.6 is 0 Å². The van der Waals surface area contributed by atoms with Gasteiger partial charge >= 0.3 is 0 Å². The highest BCUT2D eigenvalue weighted by Crippen LogP contribution is 2.27. The van der Waals surface area contributed by atoms with Crippen molar-refractivity contribution in [3.63, 3.8) is 0 Å². The quantitative estimate of drug-likeness (QED) is 0.770. The van der Waals surface area contributed by atoms with Crippen molar-refractivity contribution in [3.05, 3.63) is 36.2 Å². The number of nitrogens with zero attached hydrogens (tertiary/aromatic N) is 5. The molecule has 1 fully saturated rings. The lowest BCUT2D eigenvalue weighted by atomic mass is 10.1. The van der Waals surface area contributed by atoms with Crippen LogP contribution in [-0.2, 0) is 7.05 Å². The third-order valence-electron chi connectivity index (χ3n) is 4.87. The Morgan fingerprint density at radius 3 is 2.84 bits per heavy atom. The van der Waals surface area contributed by atoms with Crippen LogP contribution in [0.1, 0.15) is 36.9 Å². The highest BCUT2D eigenvalue weighted by molar-refractivity contribution is 5.86. The van der Waals surface area contributed by atoms with E-state index in [0.717, 1.165) is 48.1 Å². The van der Waals surface area contributed by atoms with Crippen molar-refractivity contribution >= 4 is 16.9 Å². The molecular formula is C18H24N6O. The minimum Gasteiger partial charge on any atom is -0.468 e. The van der Waals surface area contributed by atoms with E-state index < -0.39 is 0 Å². The molecule has 7 heteroatoms. The van der Waals surface area contributed by atoms with Crippen LogP contribution in [0.4, 0.5) is 5.82 Å². The predicted octanol–water partition coefficient (Wildman–Crippen LogP) is 2.90. The number of anilines is 1. The molecule has 0 bridgehead atoms. The summed E-state index contributed by atoms with van der Waals surface area (Å²) in [5.41, 5.74) is 0.850. The smallest absolute Gasteiger partial charge is 0.163 e. The highest BCUT2D eigenvalue weighted by atomic mass is 16.3. The highest BCUT2D eigenvalue weighted by Gasteiger charge is 2.24. The first-order valence-electron chi connectivity index (χ1n) is 8.90. The van der Waals surface area contributed by atoms with Crippen LogP contribution in [0, 0.1) is 6.92 Å². The third-order valence-corrected chi connectivity index (χ3v) is 4.87. The molecule has 132 valence electrons. The van der Waals surface area contributed by atoms with E-state index in [-0.39, 0.29) is 6.04 Å². The Bertz CT molecular complexity index is 835. The Morgan fingerprint density at radius 2 is 2.08 bits per heavy atom. The molecule has 4 heterocycles. The average molecular weight is 340 g/mol. The van der Waals surface area contributed by atoms with Crippen molar-refractivity contribution in [3.8, 4) is 0 Å². The zero-order chi connectivity index (χ0) is 17.2. The summed E-state index contributed by atoms with van der Waals surface area (Å²) in [6.45, 7) is 4.87. The zero-order valence-corrected chi connectivity index (χ0v) is 14.8. The summed E-state index contributed by atoms with van der Waals surface area (Å²) in [6, 6.07) is 4.23. The Kier molecular flexibility index (Phi) is 4.40. The van der Waals surface area contributed by atoms with Gasteiger partial charge in [-0.2, -0.15) is 5.10 Å². The van der Waals surface area contributed by atoms with Gasteiger partial charge in [-0.25, -0.2) is 9.97 Å². The number of hydrogen-bond donors (Lipinski definition) is 1. The Hall–Kier alpha value is -2.41. The first kappa shape index (κ1) is 16.1. The van der Waals surface area contributed by atoms with Gasteiger partial charge < -0.3 is 9.73 Å². The molecule has 0 saturated carbocycles. The normalized spacial score (nSPS) is 17.0. The largest absolute Gasteiger partial charge is 0.468 e. The number of furan rings is 1. The van der Waals surface area contributed by atoms with Gasteiger partial charge in [0.05, 0.1) is 23.9 Å². The number of hydrogen-bond acceptors (Lipinski definition) is 6. The molecule has 1 atom stereocenters. The van der Waals surface area contributed by atoms with E-state index >= 15 is 0 Å². The summed E-state index contributed by atoms with van der Waals surface area (Å²) in [4.78, 5) is 11.6. The van der Waals surface area contributed by atoms with Crippen LogP contribution in [0.2, 0.25) is 0 Å². The zero-order valence-electron chi connectivity index (χ0n) is 14.8. The maximum atomic E-state index is 5.72. The van der Waals surface area contributed by atoms with Crippen LogP contribution in [-0.4, -0.2) is 44.3 Å². The maximum absolute atomic E-state index is 5.72. The van der Waals surface area contributed by atoms with Gasteiger partial charge in [0.15, 0.2) is 5.65 Å². The van der Waals surface area contributed by atoms with Gasteiger partial charge in [0.25, 0.3) is 0 Å². The van der Waals surface area contributed by atoms with E-state index in [4.69, 9.17) is 4.42 Å². The molecule has 0 aromatic carbocycles. The Balaban J connectivity index is 1.59. The van der Waals surface area contributed by atoms with Crippen molar-refractivity contribution in [2.45, 2.75) is 32.2 Å². The number of nitrogens with one attached hydrogen (secondary N) is 1. The molecule has 0 amide bonds. The summed E-state index contributed by atoms with van der Waals surface area (Å²) in [5, 5.41) is 8.78. The SMILES string of the molecule is Cc1nc(NC[C@@H](c2ccco2)N2CCCCC2)c2cnn(C)c2n1. The van der Waals surface area contributed by atoms with Gasteiger partial charge in [-0.15, -0.1) is 0 Å². The van der Waals surface area contributed by atoms with E-state index in [1.54, 1.807) is 10.9 Å². The molecule has 0 radical (unpaired) electrons. The van der Waals surface area contributed by atoms with Gasteiger partial charge in [0, 0.05) is 13.6 Å². The fourth-order valence-corrected chi connectivity index (χ4v) is 3.58. The molecular weight excluding hydrogens is 316 g/mol. The molecule has 3 aromatic heterocycles. The molecule has 3 aromatic rings. The van der Waals surface area contributed by atoms with Crippen LogP contribution < -0.4 is 5.32 Å². The summed E-state index contributed by atoms with van der Waals surface area (Å²) < 4.78 is 7.50. The number of rotatable bonds is 5. The molecule has 1 aliphatic rings. The second kappa shape index (κ2) is 6.84. The molecule has 1 aliphatic heterocycles. The molecule has 1 N–H and O–H groups in total. The summed E-state index contributed by atoms with van der Waals surface area (Å²) in [6.07, 6.45) is 7.38. The number of fused-ring (bicyclic) bond motifs is 1. The van der Waals surface area contributed by atoms with Gasteiger partial charge in [-0.1, -0.05) is 6.42 Å². The predicted molar refractivity (Wildman–Crippen MR) is 96.4 cm³/mol. The fraction of sp³-hybridized carbons (Fsp3) is 0.500. The van der Waals surface area contributed by atoms with E-state index in [0.29, 0.717) is 0 Å². The lowest BCUT2D eigenvalue weighted by molar-refractivity contribution is 0.153. The lowest BCUT2D eigenvalue weighted by Gasteiger charge is -2.33. The van der Waals surface area contributed by atoms with Crippen molar-refractivity contribution in [2.24, 2.45) is 7.05 Å². The Labute approximate surface area is 147 Å². The van der Waals surface area contributed by atoms with Crippen molar-refractivity contribution in [1.29, 1.82) is 0 Å². The minimum absolute atomic E-state index is 0.206. The third kappa shape index (κ3) is 3.24. The van der Waals surface area contributed by atoms with Crippen molar-refractivity contribution < 1.29 is 4.42 Å². The van der Waals surface area contributed by atoms with Crippen molar-refractivity contribution in [1.82, 2.24) is 24.6 Å². The summed E-state index contributed by atoms with van der Waals surface area (Å²) >= 11 is 0. The average Bonchev–Trinajstić information content (AvgIpc) is 3.27. The summed E-state index contributed by atoms with van der Waals surface area (Å²) in [7, 11) is 1.90. The molecule has 0 aliphatic carbocycles. The first-order chi connectivity index (χ1) is 12.2. The molecule has 7 nitrogen and oxygen atoms in total. The van der Waals surface area contributed by atoms with Crippen LogP contribution in [0.5, 0.6) is 0 Å². The first-order valence-corrected chi connectivity index (χ1v) is 8.90. The van der Waals surface area contributed by atoms with Crippen molar-refractivity contribution in [2.75, 3.05) is 25.0 Å². The van der Waals surface area contributed by atoms with Gasteiger partial charge in [-0.05, 0) is 45.0 Å². The van der Waals surface area contributed by atoms with E-state index in [1.165, 1.54) is 19.3 Å². The molecule has 0 spiro atoms. The van der Waals surface area contributed by atoms with Crippen LogP contribution in [0.25, 0.3) is 11.0 Å². The second-order valence-corrected chi connectivity index (χ2v) is 6.63. The maximum Gasteiger partial charge on any atom is 0.163 e. The number of aromatic nitrogens is 4.